The topological polar surface area (TPSA) is 58.5 Å². The van der Waals surface area contributed by atoms with Gasteiger partial charge < -0.3 is 14.7 Å². The molecule has 21 heavy (non-hydrogen) atoms. The van der Waals surface area contributed by atoms with E-state index < -0.39 is 0 Å². The van der Waals surface area contributed by atoms with E-state index in [1.807, 2.05) is 12.1 Å². The lowest BCUT2D eigenvalue weighted by Crippen LogP contribution is -2.24. The molecule has 1 aromatic heterocycles. The van der Waals surface area contributed by atoms with Gasteiger partial charge in [0.25, 0.3) is 0 Å². The summed E-state index contributed by atoms with van der Waals surface area (Å²) in [6, 6.07) is 6.04. The van der Waals surface area contributed by atoms with Crippen molar-refractivity contribution in [3.8, 4) is 11.5 Å². The van der Waals surface area contributed by atoms with Crippen LogP contribution in [0.5, 0.6) is 11.5 Å². The van der Waals surface area contributed by atoms with E-state index in [0.29, 0.717) is 11.8 Å². The van der Waals surface area contributed by atoms with E-state index in [9.17, 15) is 5.11 Å². The van der Waals surface area contributed by atoms with Gasteiger partial charge in [-0.1, -0.05) is 13.0 Å². The average Bonchev–Trinajstić information content (AvgIpc) is 3.23. The van der Waals surface area contributed by atoms with E-state index in [-0.39, 0.29) is 5.75 Å². The molecule has 2 aromatic rings. The summed E-state index contributed by atoms with van der Waals surface area (Å²) >= 11 is 1.47. The Morgan fingerprint density at radius 3 is 2.86 bits per heavy atom. The molecule has 1 N–H and O–H groups in total. The van der Waals surface area contributed by atoms with Crippen LogP contribution in [0.2, 0.25) is 0 Å². The minimum Gasteiger partial charge on any atom is -0.504 e. The van der Waals surface area contributed by atoms with E-state index in [1.54, 1.807) is 13.2 Å². The van der Waals surface area contributed by atoms with Gasteiger partial charge in [0.2, 0.25) is 5.13 Å². The maximum absolute atomic E-state index is 9.68. The second kappa shape index (κ2) is 5.89. The van der Waals surface area contributed by atoms with Crippen molar-refractivity contribution in [2.75, 3.05) is 12.0 Å². The number of hydrogen-bond acceptors (Lipinski definition) is 6. The van der Waals surface area contributed by atoms with Crippen molar-refractivity contribution in [3.63, 3.8) is 0 Å². The maximum atomic E-state index is 9.68. The normalized spacial score (nSPS) is 14.2. The lowest BCUT2D eigenvalue weighted by atomic mass is 10.2. The van der Waals surface area contributed by atoms with E-state index in [0.717, 1.165) is 29.5 Å². The number of aromatic hydroxyl groups is 1. The quantitative estimate of drug-likeness (QED) is 0.889. The molecule has 1 saturated carbocycles. The molecule has 0 unspecified atom stereocenters. The summed E-state index contributed by atoms with van der Waals surface area (Å²) in [6.07, 6.45) is 3.27. The molecular formula is C15H19N3O2S. The first-order valence-corrected chi connectivity index (χ1v) is 7.93. The first kappa shape index (κ1) is 14.1. The van der Waals surface area contributed by atoms with Crippen LogP contribution in [-0.2, 0) is 13.0 Å². The predicted molar refractivity (Wildman–Crippen MR) is 83.2 cm³/mol. The zero-order chi connectivity index (χ0) is 14.8. The Morgan fingerprint density at radius 1 is 1.43 bits per heavy atom. The molecule has 1 aliphatic rings. The van der Waals surface area contributed by atoms with Gasteiger partial charge in [0, 0.05) is 30.5 Å². The van der Waals surface area contributed by atoms with Crippen molar-refractivity contribution >= 4 is 16.7 Å². The number of hydrogen-bond donors (Lipinski definition) is 1. The van der Waals surface area contributed by atoms with Crippen LogP contribution in [0, 0.1) is 0 Å². The number of phenolic OH excluding ortho intramolecular Hbond substituents is 1. The van der Waals surface area contributed by atoms with Crippen LogP contribution < -0.4 is 9.64 Å². The fourth-order valence-corrected chi connectivity index (χ4v) is 3.08. The second-order valence-electron chi connectivity index (χ2n) is 5.21. The Kier molecular flexibility index (Phi) is 3.96. The Morgan fingerprint density at radius 2 is 2.24 bits per heavy atom. The minimum absolute atomic E-state index is 0.170. The summed E-state index contributed by atoms with van der Waals surface area (Å²) in [5.41, 5.74) is 1.10. The van der Waals surface area contributed by atoms with E-state index >= 15 is 0 Å². The monoisotopic (exact) mass is 305 g/mol. The predicted octanol–water partition coefficient (Wildman–Crippen LogP) is 2.98. The van der Waals surface area contributed by atoms with Crippen LogP contribution in [0.4, 0.5) is 5.13 Å². The largest absolute Gasteiger partial charge is 0.504 e. The summed E-state index contributed by atoms with van der Waals surface area (Å²) in [4.78, 5) is 6.91. The Bertz CT molecular complexity index is 625. The van der Waals surface area contributed by atoms with Crippen LogP contribution >= 0.6 is 11.5 Å². The molecule has 0 amide bonds. The van der Waals surface area contributed by atoms with Gasteiger partial charge in [-0.3, -0.25) is 0 Å². The molecular weight excluding hydrogens is 286 g/mol. The van der Waals surface area contributed by atoms with Crippen molar-refractivity contribution in [1.29, 1.82) is 0 Å². The molecule has 0 radical (unpaired) electrons. The van der Waals surface area contributed by atoms with E-state index in [2.05, 4.69) is 21.2 Å². The van der Waals surface area contributed by atoms with Gasteiger partial charge >= 0.3 is 0 Å². The molecule has 0 atom stereocenters. The summed E-state index contributed by atoms with van der Waals surface area (Å²) < 4.78 is 9.56. The SMILES string of the molecule is CCc1nsc(N(Cc2ccc(O)c(OC)c2)C2CC2)n1. The molecule has 0 aliphatic heterocycles. The second-order valence-corrected chi connectivity index (χ2v) is 5.94. The van der Waals surface area contributed by atoms with Gasteiger partial charge in [-0.25, -0.2) is 4.98 Å². The van der Waals surface area contributed by atoms with Crippen LogP contribution in [0.25, 0.3) is 0 Å². The van der Waals surface area contributed by atoms with Gasteiger partial charge in [0.15, 0.2) is 11.5 Å². The maximum Gasteiger partial charge on any atom is 0.205 e. The fraction of sp³-hybridized carbons (Fsp3) is 0.467. The summed E-state index contributed by atoms with van der Waals surface area (Å²) in [5.74, 6) is 1.59. The highest BCUT2D eigenvalue weighted by Gasteiger charge is 2.31. The van der Waals surface area contributed by atoms with Crippen molar-refractivity contribution in [2.45, 2.75) is 38.8 Å². The third-order valence-corrected chi connectivity index (χ3v) is 4.40. The number of phenols is 1. The van der Waals surface area contributed by atoms with Gasteiger partial charge in [0.05, 0.1) is 7.11 Å². The van der Waals surface area contributed by atoms with Gasteiger partial charge in [-0.05, 0) is 30.5 Å². The highest BCUT2D eigenvalue weighted by molar-refractivity contribution is 7.09. The summed E-state index contributed by atoms with van der Waals surface area (Å²) in [6.45, 7) is 2.83. The van der Waals surface area contributed by atoms with Crippen molar-refractivity contribution < 1.29 is 9.84 Å². The first-order valence-electron chi connectivity index (χ1n) is 7.16. The molecule has 0 saturated heterocycles. The van der Waals surface area contributed by atoms with Gasteiger partial charge in [-0.2, -0.15) is 4.37 Å². The van der Waals surface area contributed by atoms with Crippen molar-refractivity contribution in [2.24, 2.45) is 0 Å². The van der Waals surface area contributed by atoms with Crippen LogP contribution in [0.3, 0.4) is 0 Å². The molecule has 112 valence electrons. The standard InChI is InChI=1S/C15H19N3O2S/c1-3-14-16-15(21-17-14)18(11-5-6-11)9-10-4-7-12(19)13(8-10)20-2/h4,7-8,11,19H,3,5-6,9H2,1-2H3. The van der Waals surface area contributed by atoms with E-state index in [4.69, 9.17) is 4.74 Å². The Hall–Kier alpha value is -1.82. The molecule has 0 spiro atoms. The van der Waals surface area contributed by atoms with Crippen molar-refractivity contribution in [1.82, 2.24) is 9.36 Å². The number of aromatic nitrogens is 2. The van der Waals surface area contributed by atoms with E-state index in [1.165, 1.54) is 24.4 Å². The lowest BCUT2D eigenvalue weighted by Gasteiger charge is -2.21. The lowest BCUT2D eigenvalue weighted by molar-refractivity contribution is 0.373. The Labute approximate surface area is 128 Å². The number of methoxy groups -OCH3 is 1. The molecule has 0 bridgehead atoms. The number of nitrogens with zero attached hydrogens (tertiary/aromatic N) is 3. The van der Waals surface area contributed by atoms with Crippen molar-refractivity contribution in [3.05, 3.63) is 29.6 Å². The highest BCUT2D eigenvalue weighted by atomic mass is 32.1. The van der Waals surface area contributed by atoms with Gasteiger partial charge in [0.1, 0.15) is 5.82 Å². The third-order valence-electron chi connectivity index (χ3n) is 3.60. The molecule has 1 heterocycles. The number of aryl methyl sites for hydroxylation is 1. The van der Waals surface area contributed by atoms with Crippen LogP contribution in [-0.4, -0.2) is 27.6 Å². The summed E-state index contributed by atoms with van der Waals surface area (Å²) in [5, 5.41) is 10.7. The first-order chi connectivity index (χ1) is 10.2. The molecule has 1 aliphatic carbocycles. The minimum atomic E-state index is 0.170. The zero-order valence-corrected chi connectivity index (χ0v) is 13.1. The molecule has 1 aromatic carbocycles. The summed E-state index contributed by atoms with van der Waals surface area (Å²) in [7, 11) is 1.57. The fourth-order valence-electron chi connectivity index (χ4n) is 2.26. The molecule has 1 fully saturated rings. The smallest absolute Gasteiger partial charge is 0.205 e. The molecule has 5 nitrogen and oxygen atoms in total. The Balaban J connectivity index is 1.82. The number of anilines is 1. The molecule has 6 heteroatoms. The number of rotatable bonds is 6. The highest BCUT2D eigenvalue weighted by Crippen LogP contribution is 2.35. The molecule has 3 rings (SSSR count). The third kappa shape index (κ3) is 3.10. The number of ether oxygens (including phenoxy) is 1. The van der Waals surface area contributed by atoms with Gasteiger partial charge in [-0.15, -0.1) is 0 Å². The van der Waals surface area contributed by atoms with Crippen LogP contribution in [0.15, 0.2) is 18.2 Å². The van der Waals surface area contributed by atoms with Crippen LogP contribution in [0.1, 0.15) is 31.2 Å². The number of benzene rings is 1. The average molecular weight is 305 g/mol. The zero-order valence-electron chi connectivity index (χ0n) is 12.2.